The predicted octanol–water partition coefficient (Wildman–Crippen LogP) is 2.30. The normalized spacial score (nSPS) is 16.6. The second-order valence-electron chi connectivity index (χ2n) is 4.18. The van der Waals surface area contributed by atoms with Crippen molar-refractivity contribution in [2.24, 2.45) is 0 Å². The second kappa shape index (κ2) is 4.87. The highest BCUT2D eigenvalue weighted by Gasteiger charge is 2.22. The summed E-state index contributed by atoms with van der Waals surface area (Å²) in [6.45, 7) is 1.97. The first kappa shape index (κ1) is 11.5. The van der Waals surface area contributed by atoms with Gasteiger partial charge in [0.05, 0.1) is 5.56 Å². The molecule has 0 spiro atoms. The molecule has 1 aromatic rings. The van der Waals surface area contributed by atoms with Crippen molar-refractivity contribution in [2.45, 2.75) is 45.1 Å². The molecule has 0 saturated heterocycles. The first-order valence-electron chi connectivity index (χ1n) is 5.76. The maximum absolute atomic E-state index is 12.0. The van der Waals surface area contributed by atoms with E-state index in [9.17, 15) is 4.79 Å². The Morgan fingerprint density at radius 2 is 2.25 bits per heavy atom. The second-order valence-corrected chi connectivity index (χ2v) is 4.53. The molecule has 1 heterocycles. The summed E-state index contributed by atoms with van der Waals surface area (Å²) in [6, 6.07) is 0.308. The van der Waals surface area contributed by atoms with Gasteiger partial charge in [-0.25, -0.2) is 0 Å². The molecule has 1 aliphatic carbocycles. The van der Waals surface area contributed by atoms with Crippen LogP contribution in [0, 0.1) is 0 Å². The highest BCUT2D eigenvalue weighted by molar-refractivity contribution is 6.32. The van der Waals surface area contributed by atoms with Crippen LogP contribution < -0.4 is 5.32 Å². The van der Waals surface area contributed by atoms with Gasteiger partial charge in [0, 0.05) is 11.7 Å². The number of aryl methyl sites for hydroxylation is 1. The number of carbonyl (C=O) groups is 1. The lowest BCUT2D eigenvalue weighted by molar-refractivity contribution is 0.0937. The molecule has 1 amide bonds. The fraction of sp³-hybridized carbons (Fsp3) is 0.636. The summed E-state index contributed by atoms with van der Waals surface area (Å²) < 4.78 is 0. The number of aromatic nitrogens is 2. The van der Waals surface area contributed by atoms with Crippen LogP contribution in [0.4, 0.5) is 0 Å². The van der Waals surface area contributed by atoms with Crippen molar-refractivity contribution in [3.05, 3.63) is 16.4 Å². The lowest BCUT2D eigenvalue weighted by Crippen LogP contribution is -2.33. The third kappa shape index (κ3) is 2.21. The van der Waals surface area contributed by atoms with Crippen LogP contribution in [-0.4, -0.2) is 22.1 Å². The number of hydrogen-bond donors (Lipinski definition) is 2. The summed E-state index contributed by atoms with van der Waals surface area (Å²) in [4.78, 5) is 12.0. The van der Waals surface area contributed by atoms with Crippen molar-refractivity contribution in [3.8, 4) is 0 Å². The van der Waals surface area contributed by atoms with E-state index >= 15 is 0 Å². The van der Waals surface area contributed by atoms with Gasteiger partial charge in [-0.2, -0.15) is 5.10 Å². The number of amides is 1. The van der Waals surface area contributed by atoms with Crippen molar-refractivity contribution < 1.29 is 4.79 Å². The summed E-state index contributed by atoms with van der Waals surface area (Å²) in [6.07, 6.45) is 5.27. The van der Waals surface area contributed by atoms with Gasteiger partial charge in [-0.1, -0.05) is 31.4 Å². The number of halogens is 1. The number of nitrogens with zero attached hydrogens (tertiary/aromatic N) is 1. The molecule has 1 aromatic heterocycles. The average molecular weight is 242 g/mol. The van der Waals surface area contributed by atoms with Crippen LogP contribution in [0.5, 0.6) is 0 Å². The van der Waals surface area contributed by atoms with Gasteiger partial charge in [0.2, 0.25) is 0 Å². The Labute approximate surface area is 99.8 Å². The summed E-state index contributed by atoms with van der Waals surface area (Å²) >= 11 is 5.90. The fourth-order valence-electron chi connectivity index (χ4n) is 2.17. The van der Waals surface area contributed by atoms with Gasteiger partial charge in [-0.3, -0.25) is 9.89 Å². The summed E-state index contributed by atoms with van der Waals surface area (Å²) in [5.74, 6) is -0.0949. The van der Waals surface area contributed by atoms with Crippen molar-refractivity contribution in [3.63, 3.8) is 0 Å². The maximum Gasteiger partial charge on any atom is 0.256 e. The van der Waals surface area contributed by atoms with E-state index in [0.29, 0.717) is 11.6 Å². The lowest BCUT2D eigenvalue weighted by atomic mass is 10.1. The van der Waals surface area contributed by atoms with Gasteiger partial charge in [0.15, 0.2) is 5.15 Å². The van der Waals surface area contributed by atoms with Crippen LogP contribution in [0.25, 0.3) is 0 Å². The fourth-order valence-corrected chi connectivity index (χ4v) is 2.41. The first-order valence-corrected chi connectivity index (χ1v) is 6.13. The summed E-state index contributed by atoms with van der Waals surface area (Å²) in [5, 5.41) is 9.93. The third-order valence-electron chi connectivity index (χ3n) is 3.07. The van der Waals surface area contributed by atoms with Crippen LogP contribution in [-0.2, 0) is 6.42 Å². The van der Waals surface area contributed by atoms with Crippen molar-refractivity contribution >= 4 is 17.5 Å². The third-order valence-corrected chi connectivity index (χ3v) is 3.34. The van der Waals surface area contributed by atoms with E-state index < -0.39 is 0 Å². The topological polar surface area (TPSA) is 57.8 Å². The number of hydrogen-bond acceptors (Lipinski definition) is 2. The standard InChI is InChI=1S/C11H16ClN3O/c1-2-8-9(10(12)15-14-8)11(16)13-7-5-3-4-6-7/h7H,2-6H2,1H3,(H,13,16)(H,14,15). The molecule has 0 bridgehead atoms. The van der Waals surface area contributed by atoms with Gasteiger partial charge in [-0.15, -0.1) is 0 Å². The zero-order valence-electron chi connectivity index (χ0n) is 9.35. The van der Waals surface area contributed by atoms with Gasteiger partial charge in [0.1, 0.15) is 0 Å². The van der Waals surface area contributed by atoms with Crippen LogP contribution in [0.1, 0.15) is 48.7 Å². The molecule has 1 saturated carbocycles. The number of H-pyrrole nitrogens is 1. The Hall–Kier alpha value is -1.03. The molecule has 1 aliphatic rings. The zero-order valence-corrected chi connectivity index (χ0v) is 10.1. The quantitative estimate of drug-likeness (QED) is 0.853. The smallest absolute Gasteiger partial charge is 0.256 e. The molecule has 4 nitrogen and oxygen atoms in total. The molecule has 0 radical (unpaired) electrons. The van der Waals surface area contributed by atoms with E-state index in [1.165, 1.54) is 12.8 Å². The van der Waals surface area contributed by atoms with Crippen molar-refractivity contribution in [1.29, 1.82) is 0 Å². The van der Waals surface area contributed by atoms with Gasteiger partial charge in [-0.05, 0) is 19.3 Å². The van der Waals surface area contributed by atoms with Gasteiger partial charge < -0.3 is 5.32 Å². The minimum Gasteiger partial charge on any atom is -0.349 e. The summed E-state index contributed by atoms with van der Waals surface area (Å²) in [7, 11) is 0. The van der Waals surface area contributed by atoms with Gasteiger partial charge >= 0.3 is 0 Å². The van der Waals surface area contributed by atoms with E-state index in [-0.39, 0.29) is 11.1 Å². The number of carbonyl (C=O) groups excluding carboxylic acids is 1. The van der Waals surface area contributed by atoms with Gasteiger partial charge in [0.25, 0.3) is 5.91 Å². The van der Waals surface area contributed by atoms with Crippen LogP contribution in [0.15, 0.2) is 0 Å². The van der Waals surface area contributed by atoms with Crippen LogP contribution >= 0.6 is 11.6 Å². The molecule has 2 N–H and O–H groups in total. The lowest BCUT2D eigenvalue weighted by Gasteiger charge is -2.11. The molecular formula is C11H16ClN3O. The molecule has 0 aromatic carbocycles. The molecule has 0 unspecified atom stereocenters. The van der Waals surface area contributed by atoms with E-state index in [0.717, 1.165) is 25.0 Å². The number of aromatic amines is 1. The molecule has 2 rings (SSSR count). The van der Waals surface area contributed by atoms with Crippen molar-refractivity contribution in [2.75, 3.05) is 0 Å². The Kier molecular flexibility index (Phi) is 3.49. The molecule has 1 fully saturated rings. The largest absolute Gasteiger partial charge is 0.349 e. The SMILES string of the molecule is CCc1[nH]nc(Cl)c1C(=O)NC1CCCC1. The summed E-state index contributed by atoms with van der Waals surface area (Å²) in [5.41, 5.74) is 1.32. The molecular weight excluding hydrogens is 226 g/mol. The maximum atomic E-state index is 12.0. The van der Waals surface area contributed by atoms with E-state index in [4.69, 9.17) is 11.6 Å². The molecule has 16 heavy (non-hydrogen) atoms. The molecule has 88 valence electrons. The monoisotopic (exact) mass is 241 g/mol. The highest BCUT2D eigenvalue weighted by Crippen LogP contribution is 2.21. The number of nitrogens with one attached hydrogen (secondary N) is 2. The Bertz CT molecular complexity index is 383. The highest BCUT2D eigenvalue weighted by atomic mass is 35.5. The first-order chi connectivity index (χ1) is 7.72. The Morgan fingerprint density at radius 3 is 2.88 bits per heavy atom. The Morgan fingerprint density at radius 1 is 1.56 bits per heavy atom. The average Bonchev–Trinajstić information content (AvgIpc) is 2.87. The van der Waals surface area contributed by atoms with Crippen molar-refractivity contribution in [1.82, 2.24) is 15.5 Å². The van der Waals surface area contributed by atoms with Crippen LogP contribution in [0.2, 0.25) is 5.15 Å². The molecule has 5 heteroatoms. The van der Waals surface area contributed by atoms with E-state index in [2.05, 4.69) is 15.5 Å². The Balaban J connectivity index is 2.10. The van der Waals surface area contributed by atoms with E-state index in [1.54, 1.807) is 0 Å². The molecule has 0 aliphatic heterocycles. The minimum absolute atomic E-state index is 0.0949. The number of rotatable bonds is 3. The predicted molar refractivity (Wildman–Crippen MR) is 62.7 cm³/mol. The minimum atomic E-state index is -0.0949. The molecule has 0 atom stereocenters. The van der Waals surface area contributed by atoms with Crippen LogP contribution in [0.3, 0.4) is 0 Å². The zero-order chi connectivity index (χ0) is 11.5. The van der Waals surface area contributed by atoms with E-state index in [1.807, 2.05) is 6.92 Å².